The first kappa shape index (κ1) is 14.3. The van der Waals surface area contributed by atoms with Gasteiger partial charge in [0.05, 0.1) is 20.3 Å². The molecule has 1 unspecified atom stereocenters. The highest BCUT2D eigenvalue weighted by atomic mass is 16.5. The molecule has 5 heteroatoms. The molecule has 0 aliphatic carbocycles. The minimum atomic E-state index is -0.0876. The normalized spacial score (nSPS) is 12.0. The second-order valence-electron chi connectivity index (χ2n) is 4.45. The van der Waals surface area contributed by atoms with Gasteiger partial charge in [0.1, 0.15) is 5.82 Å². The monoisotopic (exact) mass is 273 g/mol. The van der Waals surface area contributed by atoms with Gasteiger partial charge >= 0.3 is 0 Å². The molecule has 0 aliphatic rings. The molecule has 1 N–H and O–H groups in total. The molecule has 106 valence electrons. The van der Waals surface area contributed by atoms with Crippen molar-refractivity contribution in [1.82, 2.24) is 15.3 Å². The van der Waals surface area contributed by atoms with E-state index in [2.05, 4.69) is 15.3 Å². The lowest BCUT2D eigenvalue weighted by molar-refractivity contribution is 0.354. The Morgan fingerprint density at radius 3 is 2.25 bits per heavy atom. The summed E-state index contributed by atoms with van der Waals surface area (Å²) in [5.74, 6) is 2.12. The maximum Gasteiger partial charge on any atom is 0.161 e. The molecule has 0 aliphatic heterocycles. The molecule has 1 aromatic carbocycles. The molecule has 0 saturated heterocycles. The van der Waals surface area contributed by atoms with Gasteiger partial charge in [-0.3, -0.25) is 0 Å². The van der Waals surface area contributed by atoms with E-state index in [1.165, 1.54) is 0 Å². The Morgan fingerprint density at radius 2 is 1.70 bits per heavy atom. The van der Waals surface area contributed by atoms with Crippen molar-refractivity contribution in [1.29, 1.82) is 0 Å². The molecule has 20 heavy (non-hydrogen) atoms. The Labute approximate surface area is 119 Å². The van der Waals surface area contributed by atoms with Crippen molar-refractivity contribution < 1.29 is 9.47 Å². The topological polar surface area (TPSA) is 56.3 Å². The van der Waals surface area contributed by atoms with Crippen molar-refractivity contribution in [2.45, 2.75) is 13.0 Å². The van der Waals surface area contributed by atoms with Crippen LogP contribution in [-0.4, -0.2) is 31.2 Å². The van der Waals surface area contributed by atoms with Gasteiger partial charge in [-0.15, -0.1) is 0 Å². The van der Waals surface area contributed by atoms with Crippen LogP contribution in [0.4, 0.5) is 0 Å². The van der Waals surface area contributed by atoms with Crippen LogP contribution in [0.2, 0.25) is 0 Å². The second kappa shape index (κ2) is 6.34. The number of hydrogen-bond acceptors (Lipinski definition) is 5. The van der Waals surface area contributed by atoms with Gasteiger partial charge in [-0.05, 0) is 37.2 Å². The SMILES string of the molecule is CNC(c1ccc(OC)c(OC)c1)c1ncc(C)cn1. The van der Waals surface area contributed by atoms with Crippen molar-refractivity contribution in [3.05, 3.63) is 47.5 Å². The van der Waals surface area contributed by atoms with E-state index in [0.717, 1.165) is 17.0 Å². The Hall–Kier alpha value is -2.14. The number of aromatic nitrogens is 2. The summed E-state index contributed by atoms with van der Waals surface area (Å²) < 4.78 is 10.6. The third kappa shape index (κ3) is 2.88. The number of rotatable bonds is 5. The fourth-order valence-corrected chi connectivity index (χ4v) is 2.03. The van der Waals surface area contributed by atoms with Crippen LogP contribution in [0.15, 0.2) is 30.6 Å². The molecule has 2 rings (SSSR count). The molecular formula is C15H19N3O2. The van der Waals surface area contributed by atoms with Crippen LogP contribution in [0.25, 0.3) is 0 Å². The van der Waals surface area contributed by atoms with E-state index in [-0.39, 0.29) is 6.04 Å². The Balaban J connectivity index is 2.39. The highest BCUT2D eigenvalue weighted by Gasteiger charge is 2.17. The third-order valence-electron chi connectivity index (χ3n) is 3.09. The molecule has 0 spiro atoms. The lowest BCUT2D eigenvalue weighted by atomic mass is 10.1. The van der Waals surface area contributed by atoms with E-state index in [1.807, 2.05) is 44.6 Å². The average Bonchev–Trinajstić information content (AvgIpc) is 2.49. The van der Waals surface area contributed by atoms with Gasteiger partial charge in [-0.25, -0.2) is 9.97 Å². The number of nitrogens with zero attached hydrogens (tertiary/aromatic N) is 2. The average molecular weight is 273 g/mol. The van der Waals surface area contributed by atoms with Crippen LogP contribution in [-0.2, 0) is 0 Å². The highest BCUT2D eigenvalue weighted by Crippen LogP contribution is 2.31. The molecule has 0 amide bonds. The molecule has 1 heterocycles. The lowest BCUT2D eigenvalue weighted by Crippen LogP contribution is -2.20. The van der Waals surface area contributed by atoms with E-state index >= 15 is 0 Å². The van der Waals surface area contributed by atoms with Crippen molar-refractivity contribution in [2.75, 3.05) is 21.3 Å². The number of nitrogens with one attached hydrogen (secondary N) is 1. The van der Waals surface area contributed by atoms with Crippen LogP contribution in [0.3, 0.4) is 0 Å². The van der Waals surface area contributed by atoms with Gasteiger partial charge in [-0.1, -0.05) is 6.07 Å². The predicted octanol–water partition coefficient (Wildman–Crippen LogP) is 2.11. The number of ether oxygens (including phenoxy) is 2. The summed E-state index contributed by atoms with van der Waals surface area (Å²) in [4.78, 5) is 8.76. The summed E-state index contributed by atoms with van der Waals surface area (Å²) in [6.07, 6.45) is 3.63. The highest BCUT2D eigenvalue weighted by molar-refractivity contribution is 5.44. The minimum Gasteiger partial charge on any atom is -0.493 e. The fourth-order valence-electron chi connectivity index (χ4n) is 2.03. The number of methoxy groups -OCH3 is 2. The fraction of sp³-hybridized carbons (Fsp3) is 0.333. The number of hydrogen-bond donors (Lipinski definition) is 1. The van der Waals surface area contributed by atoms with Crippen molar-refractivity contribution in [3.63, 3.8) is 0 Å². The van der Waals surface area contributed by atoms with Gasteiger partial charge in [0.15, 0.2) is 11.5 Å². The quantitative estimate of drug-likeness (QED) is 0.904. The largest absolute Gasteiger partial charge is 0.493 e. The van der Waals surface area contributed by atoms with Crippen LogP contribution >= 0.6 is 0 Å². The van der Waals surface area contributed by atoms with Crippen LogP contribution in [0.5, 0.6) is 11.5 Å². The first-order valence-electron chi connectivity index (χ1n) is 6.37. The first-order chi connectivity index (χ1) is 9.69. The molecule has 0 bridgehead atoms. The maximum absolute atomic E-state index is 5.33. The molecule has 0 saturated carbocycles. The van der Waals surface area contributed by atoms with Crippen LogP contribution < -0.4 is 14.8 Å². The minimum absolute atomic E-state index is 0.0876. The predicted molar refractivity (Wildman–Crippen MR) is 77.2 cm³/mol. The first-order valence-corrected chi connectivity index (χ1v) is 6.37. The van der Waals surface area contributed by atoms with Gasteiger partial charge in [0.2, 0.25) is 0 Å². The molecule has 5 nitrogen and oxygen atoms in total. The van der Waals surface area contributed by atoms with E-state index in [4.69, 9.17) is 9.47 Å². The van der Waals surface area contributed by atoms with Gasteiger partial charge < -0.3 is 14.8 Å². The zero-order chi connectivity index (χ0) is 14.5. The van der Waals surface area contributed by atoms with E-state index < -0.39 is 0 Å². The Morgan fingerprint density at radius 1 is 1.05 bits per heavy atom. The lowest BCUT2D eigenvalue weighted by Gasteiger charge is -2.17. The molecule has 1 aromatic heterocycles. The molecule has 0 fully saturated rings. The molecule has 0 radical (unpaired) electrons. The van der Waals surface area contributed by atoms with E-state index in [0.29, 0.717) is 11.5 Å². The van der Waals surface area contributed by atoms with E-state index in [1.54, 1.807) is 14.2 Å². The summed E-state index contributed by atoms with van der Waals surface area (Å²) in [5.41, 5.74) is 2.06. The summed E-state index contributed by atoms with van der Waals surface area (Å²) in [6, 6.07) is 5.71. The van der Waals surface area contributed by atoms with Crippen molar-refractivity contribution in [2.24, 2.45) is 0 Å². The van der Waals surface area contributed by atoms with Gasteiger partial charge in [0, 0.05) is 12.4 Å². The molecule has 1 atom stereocenters. The summed E-state index contributed by atoms with van der Waals surface area (Å²) in [5, 5.41) is 3.22. The second-order valence-corrected chi connectivity index (χ2v) is 4.45. The number of aryl methyl sites for hydroxylation is 1. The Kier molecular flexibility index (Phi) is 4.53. The summed E-state index contributed by atoms with van der Waals surface area (Å²) in [7, 11) is 5.12. The molecule has 2 aromatic rings. The van der Waals surface area contributed by atoms with E-state index in [9.17, 15) is 0 Å². The summed E-state index contributed by atoms with van der Waals surface area (Å²) in [6.45, 7) is 1.97. The van der Waals surface area contributed by atoms with Crippen molar-refractivity contribution >= 4 is 0 Å². The molecular weight excluding hydrogens is 254 g/mol. The Bertz CT molecular complexity index is 570. The zero-order valence-electron chi connectivity index (χ0n) is 12.2. The third-order valence-corrected chi connectivity index (χ3v) is 3.09. The standard InChI is InChI=1S/C15H19N3O2/c1-10-8-17-15(18-9-10)14(16-2)11-5-6-12(19-3)13(7-11)20-4/h5-9,14,16H,1-4H3. The summed E-state index contributed by atoms with van der Waals surface area (Å²) >= 11 is 0. The number of benzene rings is 1. The van der Waals surface area contributed by atoms with Crippen LogP contribution in [0, 0.1) is 6.92 Å². The zero-order valence-corrected chi connectivity index (χ0v) is 12.2. The van der Waals surface area contributed by atoms with Crippen molar-refractivity contribution in [3.8, 4) is 11.5 Å². The smallest absolute Gasteiger partial charge is 0.161 e. The maximum atomic E-state index is 5.33. The van der Waals surface area contributed by atoms with Gasteiger partial charge in [-0.2, -0.15) is 0 Å². The van der Waals surface area contributed by atoms with Crippen LogP contribution in [0.1, 0.15) is 23.0 Å². The van der Waals surface area contributed by atoms with Gasteiger partial charge in [0.25, 0.3) is 0 Å².